The third kappa shape index (κ3) is 4.27. The zero-order valence-electron chi connectivity index (χ0n) is 12.5. The fourth-order valence-corrected chi connectivity index (χ4v) is 3.10. The summed E-state index contributed by atoms with van der Waals surface area (Å²) in [6, 6.07) is 5.60. The molecule has 1 heterocycles. The third-order valence-corrected chi connectivity index (χ3v) is 4.53. The van der Waals surface area contributed by atoms with Gasteiger partial charge in [0.15, 0.2) is 0 Å². The highest BCUT2D eigenvalue weighted by Crippen LogP contribution is 2.21. The summed E-state index contributed by atoms with van der Waals surface area (Å²) >= 11 is 3.39. The molecule has 1 aromatic carbocycles. The lowest BCUT2D eigenvalue weighted by atomic mass is 9.98. The van der Waals surface area contributed by atoms with E-state index in [-0.39, 0.29) is 11.4 Å². The highest BCUT2D eigenvalue weighted by molar-refractivity contribution is 9.10. The number of likely N-dealkylation sites (tertiary alicyclic amines) is 1. The van der Waals surface area contributed by atoms with E-state index in [0.717, 1.165) is 36.0 Å². The second kappa shape index (κ2) is 6.54. The molecule has 1 fully saturated rings. The van der Waals surface area contributed by atoms with Crippen LogP contribution in [0.1, 0.15) is 39.2 Å². The Morgan fingerprint density at radius 3 is 2.55 bits per heavy atom. The van der Waals surface area contributed by atoms with Gasteiger partial charge < -0.3 is 5.32 Å². The van der Waals surface area contributed by atoms with Crippen molar-refractivity contribution in [1.82, 2.24) is 10.2 Å². The zero-order valence-corrected chi connectivity index (χ0v) is 14.1. The number of rotatable bonds is 3. The molecule has 1 saturated heterocycles. The van der Waals surface area contributed by atoms with E-state index in [1.54, 1.807) is 6.07 Å². The summed E-state index contributed by atoms with van der Waals surface area (Å²) in [5, 5.41) is 3.49. The first-order valence-corrected chi connectivity index (χ1v) is 8.08. The van der Waals surface area contributed by atoms with Crippen LogP contribution in [0.3, 0.4) is 0 Å². The predicted octanol–water partition coefficient (Wildman–Crippen LogP) is 3.94. The average molecular weight is 343 g/mol. The van der Waals surface area contributed by atoms with E-state index in [1.165, 1.54) is 6.07 Å². The van der Waals surface area contributed by atoms with E-state index in [1.807, 2.05) is 6.07 Å². The molecule has 1 N–H and O–H groups in total. The summed E-state index contributed by atoms with van der Waals surface area (Å²) in [7, 11) is 0. The van der Waals surface area contributed by atoms with E-state index >= 15 is 0 Å². The molecule has 0 radical (unpaired) electrons. The second-order valence-corrected chi connectivity index (χ2v) is 7.46. The molecule has 112 valence electrons. The van der Waals surface area contributed by atoms with Gasteiger partial charge in [-0.05, 0) is 51.8 Å². The molecule has 0 saturated carbocycles. The first kappa shape index (κ1) is 15.9. The summed E-state index contributed by atoms with van der Waals surface area (Å²) in [5.41, 5.74) is 0.985. The maximum absolute atomic E-state index is 13.7. The molecule has 1 aliphatic heterocycles. The quantitative estimate of drug-likeness (QED) is 0.894. The molecule has 0 amide bonds. The van der Waals surface area contributed by atoms with Gasteiger partial charge in [-0.25, -0.2) is 4.39 Å². The smallest absolute Gasteiger partial charge is 0.127 e. The molecular formula is C16H24BrFN2. The van der Waals surface area contributed by atoms with Crippen LogP contribution in [0.2, 0.25) is 0 Å². The van der Waals surface area contributed by atoms with Gasteiger partial charge in [0.1, 0.15) is 5.82 Å². The van der Waals surface area contributed by atoms with E-state index in [2.05, 4.69) is 46.9 Å². The molecule has 0 atom stereocenters. The van der Waals surface area contributed by atoms with E-state index < -0.39 is 0 Å². The van der Waals surface area contributed by atoms with Crippen molar-refractivity contribution < 1.29 is 4.39 Å². The van der Waals surface area contributed by atoms with E-state index in [4.69, 9.17) is 0 Å². The zero-order chi connectivity index (χ0) is 14.8. The van der Waals surface area contributed by atoms with Crippen molar-refractivity contribution in [2.45, 2.75) is 51.7 Å². The fourth-order valence-electron chi connectivity index (χ4n) is 2.69. The highest BCUT2D eigenvalue weighted by Gasteiger charge is 2.26. The van der Waals surface area contributed by atoms with Crippen molar-refractivity contribution in [1.29, 1.82) is 0 Å². The minimum Gasteiger partial charge on any atom is -0.310 e. The van der Waals surface area contributed by atoms with E-state index in [0.29, 0.717) is 12.6 Å². The Bertz CT molecular complexity index is 448. The molecule has 1 aliphatic rings. The summed E-state index contributed by atoms with van der Waals surface area (Å²) in [4.78, 5) is 2.52. The Kier molecular flexibility index (Phi) is 5.21. The fraction of sp³-hybridized carbons (Fsp3) is 0.625. The van der Waals surface area contributed by atoms with Crippen LogP contribution >= 0.6 is 15.9 Å². The molecule has 0 aromatic heterocycles. The SMILES string of the molecule is CC(C)(C)N1CCC(NCc2cc(Br)ccc2F)CC1. The summed E-state index contributed by atoms with van der Waals surface area (Å²) < 4.78 is 14.6. The molecular weight excluding hydrogens is 319 g/mol. The maximum Gasteiger partial charge on any atom is 0.127 e. The molecule has 2 nitrogen and oxygen atoms in total. The van der Waals surface area contributed by atoms with Gasteiger partial charge in [0, 0.05) is 41.3 Å². The monoisotopic (exact) mass is 342 g/mol. The molecule has 0 spiro atoms. The highest BCUT2D eigenvalue weighted by atomic mass is 79.9. The largest absolute Gasteiger partial charge is 0.310 e. The molecule has 0 unspecified atom stereocenters. The van der Waals surface area contributed by atoms with Gasteiger partial charge in [0.05, 0.1) is 0 Å². The number of nitrogens with zero attached hydrogens (tertiary/aromatic N) is 1. The molecule has 20 heavy (non-hydrogen) atoms. The molecule has 0 bridgehead atoms. The third-order valence-electron chi connectivity index (χ3n) is 4.03. The Morgan fingerprint density at radius 1 is 1.30 bits per heavy atom. The second-order valence-electron chi connectivity index (χ2n) is 6.55. The minimum absolute atomic E-state index is 0.132. The molecule has 1 aromatic rings. The number of hydrogen-bond acceptors (Lipinski definition) is 2. The number of nitrogens with one attached hydrogen (secondary N) is 1. The Balaban J connectivity index is 1.83. The van der Waals surface area contributed by atoms with Crippen LogP contribution in [0.15, 0.2) is 22.7 Å². The number of halogens is 2. The summed E-state index contributed by atoms with van der Waals surface area (Å²) in [6.45, 7) is 9.61. The van der Waals surface area contributed by atoms with Crippen LogP contribution in [0.4, 0.5) is 4.39 Å². The van der Waals surface area contributed by atoms with Gasteiger partial charge in [0.25, 0.3) is 0 Å². The van der Waals surface area contributed by atoms with Crippen molar-refractivity contribution in [2.24, 2.45) is 0 Å². The maximum atomic E-state index is 13.7. The minimum atomic E-state index is -0.132. The van der Waals surface area contributed by atoms with Crippen molar-refractivity contribution in [3.05, 3.63) is 34.1 Å². The Morgan fingerprint density at radius 2 is 1.95 bits per heavy atom. The van der Waals surface area contributed by atoms with Gasteiger partial charge in [0.2, 0.25) is 0 Å². The molecule has 2 rings (SSSR count). The van der Waals surface area contributed by atoms with Crippen LogP contribution in [-0.4, -0.2) is 29.6 Å². The number of hydrogen-bond donors (Lipinski definition) is 1. The average Bonchev–Trinajstić information content (AvgIpc) is 2.39. The van der Waals surface area contributed by atoms with Gasteiger partial charge in [-0.3, -0.25) is 4.90 Å². The summed E-state index contributed by atoms with van der Waals surface area (Å²) in [6.07, 6.45) is 2.26. The summed E-state index contributed by atoms with van der Waals surface area (Å²) in [5.74, 6) is -0.132. The van der Waals surface area contributed by atoms with Crippen LogP contribution in [0, 0.1) is 5.82 Å². The van der Waals surface area contributed by atoms with Crippen LogP contribution in [0.25, 0.3) is 0 Å². The normalized spacial score (nSPS) is 18.4. The standard InChI is InChI=1S/C16H24BrFN2/c1-16(2,3)20-8-6-14(7-9-20)19-11-12-10-13(17)4-5-15(12)18/h4-5,10,14,19H,6-9,11H2,1-3H3. The lowest BCUT2D eigenvalue weighted by molar-refractivity contribution is 0.0959. The van der Waals surface area contributed by atoms with Crippen molar-refractivity contribution in [3.63, 3.8) is 0 Å². The van der Waals surface area contributed by atoms with Gasteiger partial charge in [-0.1, -0.05) is 15.9 Å². The number of benzene rings is 1. The van der Waals surface area contributed by atoms with Crippen molar-refractivity contribution in [2.75, 3.05) is 13.1 Å². The topological polar surface area (TPSA) is 15.3 Å². The first-order chi connectivity index (χ1) is 9.36. The Hall–Kier alpha value is -0.450. The Labute approximate surface area is 129 Å². The van der Waals surface area contributed by atoms with E-state index in [9.17, 15) is 4.39 Å². The van der Waals surface area contributed by atoms with Gasteiger partial charge in [-0.2, -0.15) is 0 Å². The van der Waals surface area contributed by atoms with Gasteiger partial charge >= 0.3 is 0 Å². The van der Waals surface area contributed by atoms with Crippen LogP contribution < -0.4 is 5.32 Å². The molecule has 4 heteroatoms. The van der Waals surface area contributed by atoms with Gasteiger partial charge in [-0.15, -0.1) is 0 Å². The number of piperidine rings is 1. The lowest BCUT2D eigenvalue weighted by Gasteiger charge is -2.41. The van der Waals surface area contributed by atoms with Crippen molar-refractivity contribution in [3.8, 4) is 0 Å². The predicted molar refractivity (Wildman–Crippen MR) is 85.3 cm³/mol. The van der Waals surface area contributed by atoms with Crippen LogP contribution in [-0.2, 0) is 6.54 Å². The van der Waals surface area contributed by atoms with Crippen LogP contribution in [0.5, 0.6) is 0 Å². The molecule has 0 aliphatic carbocycles. The van der Waals surface area contributed by atoms with Crippen molar-refractivity contribution >= 4 is 15.9 Å². The lowest BCUT2D eigenvalue weighted by Crippen LogP contribution is -2.49. The first-order valence-electron chi connectivity index (χ1n) is 7.28.